The third kappa shape index (κ3) is 2.34. The van der Waals surface area contributed by atoms with Gasteiger partial charge in [0.1, 0.15) is 0 Å². The zero-order valence-corrected chi connectivity index (χ0v) is 16.1. The number of hydrogen-bond donors (Lipinski definition) is 3. The average Bonchev–Trinajstić information content (AvgIpc) is 3.22. The van der Waals surface area contributed by atoms with Crippen molar-refractivity contribution in [2.45, 2.75) is 83.8 Å². The minimum Gasteiger partial charge on any atom is -0.393 e. The zero-order chi connectivity index (χ0) is 17.2. The predicted molar refractivity (Wildman–Crippen MR) is 101 cm³/mol. The van der Waals surface area contributed by atoms with Crippen molar-refractivity contribution < 1.29 is 5.11 Å². The molecule has 0 aromatic heterocycles. The van der Waals surface area contributed by atoms with Crippen molar-refractivity contribution in [3.05, 3.63) is 11.6 Å². The van der Waals surface area contributed by atoms with Crippen molar-refractivity contribution in [3.63, 3.8) is 0 Å². The first-order valence-electron chi connectivity index (χ1n) is 10.9. The van der Waals surface area contributed by atoms with Gasteiger partial charge >= 0.3 is 0 Å². The lowest BCUT2D eigenvalue weighted by Gasteiger charge is -2.58. The van der Waals surface area contributed by atoms with Gasteiger partial charge in [-0.2, -0.15) is 0 Å². The van der Waals surface area contributed by atoms with Crippen LogP contribution < -0.4 is 10.9 Å². The number of hydrogen-bond acceptors (Lipinski definition) is 3. The molecule has 0 radical (unpaired) electrons. The summed E-state index contributed by atoms with van der Waals surface area (Å²) < 4.78 is 0. The van der Waals surface area contributed by atoms with E-state index < -0.39 is 0 Å². The first-order chi connectivity index (χ1) is 12.0. The van der Waals surface area contributed by atoms with Crippen LogP contribution in [0.2, 0.25) is 0 Å². The summed E-state index contributed by atoms with van der Waals surface area (Å²) in [5.74, 6) is 3.54. The second kappa shape index (κ2) is 5.81. The normalized spacial score (nSPS) is 55.2. The molecule has 3 saturated carbocycles. The van der Waals surface area contributed by atoms with E-state index in [1.807, 2.05) is 0 Å². The highest BCUT2D eigenvalue weighted by Crippen LogP contribution is 2.66. The van der Waals surface area contributed by atoms with Crippen LogP contribution in [0, 0.1) is 34.5 Å². The number of nitrogens with one attached hydrogen (secondary N) is 2. The number of rotatable bonds is 1. The lowest BCUT2D eigenvalue weighted by atomic mass is 9.47. The van der Waals surface area contributed by atoms with E-state index in [-0.39, 0.29) is 6.10 Å². The number of fused-ring (bicyclic) bond motifs is 5. The van der Waals surface area contributed by atoms with E-state index in [4.69, 9.17) is 0 Å². The van der Waals surface area contributed by atoms with E-state index in [2.05, 4.69) is 30.8 Å². The van der Waals surface area contributed by atoms with E-state index in [0.29, 0.717) is 16.9 Å². The number of aliphatic hydroxyl groups excluding tert-OH is 1. The van der Waals surface area contributed by atoms with E-state index in [1.54, 1.807) is 5.57 Å². The second-order valence-electron chi connectivity index (χ2n) is 10.4. The Morgan fingerprint density at radius 1 is 1.00 bits per heavy atom. The Labute approximate surface area is 153 Å². The van der Waals surface area contributed by atoms with Gasteiger partial charge in [-0.3, -0.25) is 10.9 Å². The van der Waals surface area contributed by atoms with Gasteiger partial charge in [0.25, 0.3) is 0 Å². The van der Waals surface area contributed by atoms with Gasteiger partial charge in [-0.1, -0.05) is 25.5 Å². The van der Waals surface area contributed by atoms with E-state index >= 15 is 0 Å². The third-order valence-corrected chi connectivity index (χ3v) is 9.50. The molecule has 0 bridgehead atoms. The fourth-order valence-electron chi connectivity index (χ4n) is 8.15. The van der Waals surface area contributed by atoms with Crippen LogP contribution in [0.4, 0.5) is 0 Å². The molecule has 8 atom stereocenters. The fourth-order valence-corrected chi connectivity index (χ4v) is 8.15. The predicted octanol–water partition coefficient (Wildman–Crippen LogP) is 3.79. The molecule has 4 fully saturated rings. The summed E-state index contributed by atoms with van der Waals surface area (Å²) in [5.41, 5.74) is 9.51. The summed E-state index contributed by atoms with van der Waals surface area (Å²) in [6.45, 7) is 6.32. The van der Waals surface area contributed by atoms with Gasteiger partial charge in [0.15, 0.2) is 0 Å². The molecular weight excluding hydrogens is 308 g/mol. The molecule has 3 nitrogen and oxygen atoms in total. The van der Waals surface area contributed by atoms with Gasteiger partial charge in [0.2, 0.25) is 0 Å². The first kappa shape index (κ1) is 16.8. The summed E-state index contributed by atoms with van der Waals surface area (Å²) >= 11 is 0. The van der Waals surface area contributed by atoms with Gasteiger partial charge in [-0.15, -0.1) is 0 Å². The van der Waals surface area contributed by atoms with Crippen molar-refractivity contribution >= 4 is 0 Å². The highest BCUT2D eigenvalue weighted by molar-refractivity contribution is 5.25. The molecule has 1 heterocycles. The maximum atomic E-state index is 10.2. The van der Waals surface area contributed by atoms with Gasteiger partial charge in [-0.25, -0.2) is 0 Å². The molecule has 0 aromatic rings. The molecule has 3 N–H and O–H groups in total. The second-order valence-corrected chi connectivity index (χ2v) is 10.4. The summed E-state index contributed by atoms with van der Waals surface area (Å²) in [6, 6.07) is 0.696. The molecule has 25 heavy (non-hydrogen) atoms. The largest absolute Gasteiger partial charge is 0.393 e. The smallest absolute Gasteiger partial charge is 0.0577 e. The minimum absolute atomic E-state index is 0.0819. The van der Waals surface area contributed by atoms with Crippen LogP contribution >= 0.6 is 0 Å². The molecule has 0 amide bonds. The summed E-state index contributed by atoms with van der Waals surface area (Å²) in [4.78, 5) is 0. The Morgan fingerprint density at radius 3 is 2.64 bits per heavy atom. The Morgan fingerprint density at radius 2 is 1.84 bits per heavy atom. The Balaban J connectivity index is 1.43. The summed E-state index contributed by atoms with van der Waals surface area (Å²) in [7, 11) is 0. The van der Waals surface area contributed by atoms with Gasteiger partial charge in [-0.05, 0) is 92.3 Å². The van der Waals surface area contributed by atoms with Gasteiger partial charge < -0.3 is 5.11 Å². The molecule has 0 aromatic carbocycles. The van der Waals surface area contributed by atoms with Crippen molar-refractivity contribution in [2.24, 2.45) is 34.5 Å². The quantitative estimate of drug-likeness (QED) is 0.634. The summed E-state index contributed by atoms with van der Waals surface area (Å²) in [5, 5.41) is 10.2. The first-order valence-corrected chi connectivity index (χ1v) is 10.9. The van der Waals surface area contributed by atoms with E-state index in [0.717, 1.165) is 43.1 Å². The Kier molecular flexibility index (Phi) is 3.90. The maximum absolute atomic E-state index is 10.2. The molecule has 5 aliphatic rings. The highest BCUT2D eigenvalue weighted by Gasteiger charge is 2.59. The average molecular weight is 345 g/mol. The monoisotopic (exact) mass is 344 g/mol. The van der Waals surface area contributed by atoms with Crippen LogP contribution in [0.25, 0.3) is 0 Å². The van der Waals surface area contributed by atoms with Gasteiger partial charge in [0, 0.05) is 12.6 Å². The Bertz CT molecular complexity index is 568. The van der Waals surface area contributed by atoms with Crippen molar-refractivity contribution in [2.75, 3.05) is 6.54 Å². The molecule has 5 rings (SSSR count). The fraction of sp³-hybridized carbons (Fsp3) is 0.909. The van der Waals surface area contributed by atoms with Crippen LogP contribution in [0.5, 0.6) is 0 Å². The van der Waals surface area contributed by atoms with E-state index in [9.17, 15) is 5.11 Å². The molecular formula is C22H36N2O. The third-order valence-electron chi connectivity index (χ3n) is 9.50. The van der Waals surface area contributed by atoms with Crippen LogP contribution in [0.3, 0.4) is 0 Å². The van der Waals surface area contributed by atoms with Crippen LogP contribution in [-0.2, 0) is 0 Å². The van der Waals surface area contributed by atoms with Crippen molar-refractivity contribution in [3.8, 4) is 0 Å². The minimum atomic E-state index is -0.0819. The van der Waals surface area contributed by atoms with Crippen LogP contribution in [0.15, 0.2) is 11.6 Å². The number of aliphatic hydroxyl groups is 1. The molecule has 0 spiro atoms. The standard InChI is InChI=1S/C22H36N2O/c1-21-10-7-15(25)13-14(21)3-4-16-17-5-6-19(20-9-12-23-24-20)22(17,2)11-8-18(16)21/h3,15-20,23-25H,4-13H2,1-2H3. The molecule has 1 saturated heterocycles. The van der Waals surface area contributed by atoms with Crippen LogP contribution in [-0.4, -0.2) is 23.8 Å². The maximum Gasteiger partial charge on any atom is 0.0577 e. The SMILES string of the molecule is CC12CCC(O)CC1=CCC1C2CCC2(C)C(C3CCNN3)CCC12. The van der Waals surface area contributed by atoms with E-state index in [1.165, 1.54) is 44.9 Å². The molecule has 140 valence electrons. The Hall–Kier alpha value is -0.380. The molecule has 4 aliphatic carbocycles. The van der Waals surface area contributed by atoms with Crippen molar-refractivity contribution in [1.29, 1.82) is 0 Å². The number of allylic oxidation sites excluding steroid dienone is 1. The lowest BCUT2D eigenvalue weighted by molar-refractivity contribution is -0.0538. The topological polar surface area (TPSA) is 44.3 Å². The zero-order valence-electron chi connectivity index (χ0n) is 16.1. The summed E-state index contributed by atoms with van der Waals surface area (Å²) in [6.07, 6.45) is 14.0. The van der Waals surface area contributed by atoms with Crippen LogP contribution in [0.1, 0.15) is 71.6 Å². The molecule has 8 unspecified atom stereocenters. The van der Waals surface area contributed by atoms with Crippen molar-refractivity contribution in [1.82, 2.24) is 10.9 Å². The lowest BCUT2D eigenvalue weighted by Crippen LogP contribution is -2.52. The molecule has 3 heteroatoms. The highest BCUT2D eigenvalue weighted by atomic mass is 16.3. The number of hydrazine groups is 1. The molecule has 1 aliphatic heterocycles. The van der Waals surface area contributed by atoms with Gasteiger partial charge in [0.05, 0.1) is 6.10 Å².